The summed E-state index contributed by atoms with van der Waals surface area (Å²) in [6.45, 7) is 1.43. The summed E-state index contributed by atoms with van der Waals surface area (Å²) in [4.78, 5) is 37.1. The molecule has 0 amide bonds. The van der Waals surface area contributed by atoms with E-state index in [0.29, 0.717) is 27.8 Å². The van der Waals surface area contributed by atoms with Gasteiger partial charge in [0.1, 0.15) is 0 Å². The number of carbonyl (C=O) groups excluding carboxylic acids is 3. The molecular formula is C17H12O3. The zero-order valence-corrected chi connectivity index (χ0v) is 11.0. The van der Waals surface area contributed by atoms with E-state index >= 15 is 0 Å². The molecule has 1 aromatic carbocycles. The molecule has 0 heterocycles. The summed E-state index contributed by atoms with van der Waals surface area (Å²) < 4.78 is 0. The molecule has 3 heteroatoms. The lowest BCUT2D eigenvalue weighted by Gasteiger charge is -2.23. The Morgan fingerprint density at radius 1 is 1.05 bits per heavy atom. The average Bonchev–Trinajstić information content (AvgIpc) is 3.04. The minimum Gasteiger partial charge on any atom is -0.294 e. The molecule has 3 aliphatic carbocycles. The first kappa shape index (κ1) is 11.5. The predicted molar refractivity (Wildman–Crippen MR) is 72.9 cm³/mol. The van der Waals surface area contributed by atoms with Crippen LogP contribution < -0.4 is 0 Å². The predicted octanol–water partition coefficient (Wildman–Crippen LogP) is 2.77. The van der Waals surface area contributed by atoms with E-state index in [0.717, 1.165) is 6.42 Å². The molecule has 98 valence electrons. The molecule has 0 fully saturated rings. The molecule has 0 N–H and O–H groups in total. The molecule has 0 aliphatic heterocycles. The quantitative estimate of drug-likeness (QED) is 0.579. The molecule has 2 bridgehead atoms. The minimum atomic E-state index is -0.175. The largest absolute Gasteiger partial charge is 0.294 e. The van der Waals surface area contributed by atoms with Crippen LogP contribution in [0.3, 0.4) is 0 Å². The smallest absolute Gasteiger partial charge is 0.191 e. The van der Waals surface area contributed by atoms with Gasteiger partial charge in [-0.05, 0) is 13.3 Å². The lowest BCUT2D eigenvalue weighted by molar-refractivity contribution is 0.0959. The molecule has 3 aliphatic rings. The van der Waals surface area contributed by atoms with Crippen LogP contribution in [0.5, 0.6) is 0 Å². The Kier molecular flexibility index (Phi) is 2.09. The van der Waals surface area contributed by atoms with Gasteiger partial charge >= 0.3 is 0 Å². The van der Waals surface area contributed by atoms with E-state index in [9.17, 15) is 14.4 Å². The van der Waals surface area contributed by atoms with Crippen molar-refractivity contribution < 1.29 is 14.4 Å². The number of hydrogen-bond acceptors (Lipinski definition) is 3. The van der Waals surface area contributed by atoms with Crippen LogP contribution in [0, 0.1) is 11.8 Å². The van der Waals surface area contributed by atoms with Gasteiger partial charge in [0.25, 0.3) is 0 Å². The number of Topliss-reactive ketones (excluding diaryl/α,β-unsaturated/α-hetero) is 3. The van der Waals surface area contributed by atoms with Crippen molar-refractivity contribution in [2.75, 3.05) is 0 Å². The second-order valence-corrected chi connectivity index (χ2v) is 5.60. The van der Waals surface area contributed by atoms with E-state index in [1.807, 2.05) is 12.2 Å². The monoisotopic (exact) mass is 264 g/mol. The Morgan fingerprint density at radius 3 is 2.35 bits per heavy atom. The third kappa shape index (κ3) is 1.22. The van der Waals surface area contributed by atoms with Gasteiger partial charge in [0.15, 0.2) is 17.3 Å². The Hall–Kier alpha value is -2.29. The molecule has 2 unspecified atom stereocenters. The first-order valence-corrected chi connectivity index (χ1v) is 6.75. The molecule has 0 aromatic heterocycles. The van der Waals surface area contributed by atoms with Crippen LogP contribution in [-0.2, 0) is 0 Å². The lowest BCUT2D eigenvalue weighted by atomic mass is 9.77. The molecule has 0 spiro atoms. The molecule has 0 saturated heterocycles. The zero-order valence-electron chi connectivity index (χ0n) is 11.0. The van der Waals surface area contributed by atoms with E-state index in [2.05, 4.69) is 0 Å². The van der Waals surface area contributed by atoms with Gasteiger partial charge in [-0.1, -0.05) is 30.4 Å². The second-order valence-electron chi connectivity index (χ2n) is 5.60. The van der Waals surface area contributed by atoms with Crippen molar-refractivity contribution in [2.45, 2.75) is 13.3 Å². The second kappa shape index (κ2) is 3.63. The fourth-order valence-corrected chi connectivity index (χ4v) is 3.67. The molecule has 4 rings (SSSR count). The van der Waals surface area contributed by atoms with Gasteiger partial charge in [-0.2, -0.15) is 0 Å². The number of fused-ring (bicyclic) bond motifs is 5. The van der Waals surface area contributed by atoms with Crippen LogP contribution in [0.2, 0.25) is 0 Å². The zero-order chi connectivity index (χ0) is 14.0. The topological polar surface area (TPSA) is 51.2 Å². The normalized spacial score (nSPS) is 26.1. The van der Waals surface area contributed by atoms with E-state index in [4.69, 9.17) is 0 Å². The van der Waals surface area contributed by atoms with Gasteiger partial charge in [-0.25, -0.2) is 0 Å². The molecule has 2 atom stereocenters. The van der Waals surface area contributed by atoms with E-state index in [1.165, 1.54) is 6.92 Å². The number of benzene rings is 1. The standard InChI is InChI=1S/C17H12O3/c1-8(18)11-3-2-4-12-15(11)17(20)14-10-6-5-9(7-10)13(14)16(12)19/h2-6,9-10H,7H2,1H3. The van der Waals surface area contributed by atoms with Gasteiger partial charge in [0, 0.05) is 39.7 Å². The van der Waals surface area contributed by atoms with E-state index in [1.54, 1.807) is 18.2 Å². The number of carbonyl (C=O) groups is 3. The summed E-state index contributed by atoms with van der Waals surface area (Å²) in [5.41, 5.74) is 2.35. The highest BCUT2D eigenvalue weighted by Gasteiger charge is 2.46. The molecular weight excluding hydrogens is 252 g/mol. The summed E-state index contributed by atoms with van der Waals surface area (Å²) in [7, 11) is 0. The summed E-state index contributed by atoms with van der Waals surface area (Å²) in [5, 5.41) is 0. The van der Waals surface area contributed by atoms with Crippen molar-refractivity contribution in [2.24, 2.45) is 11.8 Å². The maximum Gasteiger partial charge on any atom is 0.191 e. The van der Waals surface area contributed by atoms with Gasteiger partial charge < -0.3 is 0 Å². The molecule has 3 nitrogen and oxygen atoms in total. The van der Waals surface area contributed by atoms with E-state index in [-0.39, 0.29) is 29.2 Å². The van der Waals surface area contributed by atoms with Crippen LogP contribution >= 0.6 is 0 Å². The third-order valence-corrected chi connectivity index (χ3v) is 4.52. The van der Waals surface area contributed by atoms with Gasteiger partial charge in [0.05, 0.1) is 0 Å². The maximum atomic E-state index is 12.8. The molecule has 20 heavy (non-hydrogen) atoms. The Labute approximate surface area is 116 Å². The third-order valence-electron chi connectivity index (χ3n) is 4.52. The van der Waals surface area contributed by atoms with Crippen LogP contribution in [0.4, 0.5) is 0 Å². The van der Waals surface area contributed by atoms with Crippen molar-refractivity contribution >= 4 is 17.3 Å². The number of hydrogen-bond donors (Lipinski definition) is 0. The van der Waals surface area contributed by atoms with Crippen LogP contribution in [0.1, 0.15) is 44.4 Å². The first-order chi connectivity index (χ1) is 9.59. The Morgan fingerprint density at radius 2 is 1.70 bits per heavy atom. The SMILES string of the molecule is CC(=O)c1cccc2c1C(=O)C1=C(C2=O)C2C=CC1C2. The van der Waals surface area contributed by atoms with Gasteiger partial charge in [0.2, 0.25) is 0 Å². The fraction of sp³-hybridized carbons (Fsp3) is 0.235. The van der Waals surface area contributed by atoms with Crippen molar-refractivity contribution in [3.63, 3.8) is 0 Å². The summed E-state index contributed by atoms with van der Waals surface area (Å²) in [5.74, 6) is -0.238. The molecule has 0 radical (unpaired) electrons. The molecule has 0 saturated carbocycles. The first-order valence-electron chi connectivity index (χ1n) is 6.75. The summed E-state index contributed by atoms with van der Waals surface area (Å²) in [6.07, 6.45) is 4.86. The highest BCUT2D eigenvalue weighted by molar-refractivity contribution is 6.30. The number of ketones is 3. The van der Waals surface area contributed by atoms with Crippen molar-refractivity contribution in [1.82, 2.24) is 0 Å². The number of allylic oxidation sites excluding steroid dienone is 4. The van der Waals surface area contributed by atoms with Crippen molar-refractivity contribution in [1.29, 1.82) is 0 Å². The van der Waals surface area contributed by atoms with Crippen LogP contribution in [0.15, 0.2) is 41.5 Å². The van der Waals surface area contributed by atoms with Gasteiger partial charge in [-0.15, -0.1) is 0 Å². The Balaban J connectivity index is 2.00. The average molecular weight is 264 g/mol. The maximum absolute atomic E-state index is 12.8. The van der Waals surface area contributed by atoms with Crippen molar-refractivity contribution in [3.05, 3.63) is 58.2 Å². The van der Waals surface area contributed by atoms with Crippen LogP contribution in [-0.4, -0.2) is 17.3 Å². The number of rotatable bonds is 1. The highest BCUT2D eigenvalue weighted by atomic mass is 16.1. The van der Waals surface area contributed by atoms with Crippen LogP contribution in [0.25, 0.3) is 0 Å². The van der Waals surface area contributed by atoms with Gasteiger partial charge in [-0.3, -0.25) is 14.4 Å². The highest BCUT2D eigenvalue weighted by Crippen LogP contribution is 2.49. The summed E-state index contributed by atoms with van der Waals surface area (Å²) in [6, 6.07) is 4.96. The Bertz CT molecular complexity index is 764. The van der Waals surface area contributed by atoms with E-state index < -0.39 is 0 Å². The fourth-order valence-electron chi connectivity index (χ4n) is 3.67. The molecule has 1 aromatic rings. The lowest BCUT2D eigenvalue weighted by Crippen LogP contribution is -2.26. The van der Waals surface area contributed by atoms with Crippen molar-refractivity contribution in [3.8, 4) is 0 Å². The minimum absolute atomic E-state index is 0.0552. The summed E-state index contributed by atoms with van der Waals surface area (Å²) >= 11 is 0.